The van der Waals surface area contributed by atoms with Crippen molar-refractivity contribution in [3.63, 3.8) is 0 Å². The number of anilines is 1. The van der Waals surface area contributed by atoms with Crippen LogP contribution in [0.15, 0.2) is 40.1 Å². The molecule has 1 amide bonds. The van der Waals surface area contributed by atoms with Crippen LogP contribution in [0, 0.1) is 0 Å². The Balaban J connectivity index is 1.95. The molecule has 1 aliphatic heterocycles. The third-order valence-electron chi connectivity index (χ3n) is 4.20. The Labute approximate surface area is 149 Å². The second kappa shape index (κ2) is 7.38. The van der Waals surface area contributed by atoms with Gasteiger partial charge in [-0.3, -0.25) is 19.1 Å². The van der Waals surface area contributed by atoms with Crippen molar-refractivity contribution >= 4 is 17.6 Å². The molecule has 136 valence electrons. The Bertz CT molecular complexity index is 943. The van der Waals surface area contributed by atoms with E-state index in [0.29, 0.717) is 18.7 Å². The van der Waals surface area contributed by atoms with E-state index in [1.54, 1.807) is 36.1 Å². The summed E-state index contributed by atoms with van der Waals surface area (Å²) >= 11 is 0. The Kier molecular flexibility index (Phi) is 5.01. The van der Waals surface area contributed by atoms with Crippen molar-refractivity contribution in [3.8, 4) is 5.69 Å². The van der Waals surface area contributed by atoms with E-state index < -0.39 is 17.2 Å². The quantitative estimate of drug-likeness (QED) is 0.829. The minimum absolute atomic E-state index is 0.0785. The second-order valence-corrected chi connectivity index (χ2v) is 5.91. The number of rotatable bonds is 4. The molecule has 0 unspecified atom stereocenters. The van der Waals surface area contributed by atoms with Crippen LogP contribution < -0.4 is 16.1 Å². The first-order chi connectivity index (χ1) is 12.5. The smallest absolute Gasteiger partial charge is 0.345 e. The molecule has 2 aromatic rings. The number of aromatic amines is 1. The van der Waals surface area contributed by atoms with Gasteiger partial charge in [-0.15, -0.1) is 0 Å². The fourth-order valence-corrected chi connectivity index (χ4v) is 2.89. The lowest BCUT2D eigenvalue weighted by Crippen LogP contribution is -2.35. The number of H-pyrrole nitrogens is 1. The van der Waals surface area contributed by atoms with Gasteiger partial charge in [0, 0.05) is 24.8 Å². The van der Waals surface area contributed by atoms with Crippen LogP contribution >= 0.6 is 0 Å². The molecule has 3 rings (SSSR count). The molecule has 1 saturated heterocycles. The van der Waals surface area contributed by atoms with Crippen molar-refractivity contribution < 1.29 is 14.3 Å². The molecule has 0 radical (unpaired) electrons. The Morgan fingerprint density at radius 3 is 2.46 bits per heavy atom. The zero-order chi connectivity index (χ0) is 18.7. The largest absolute Gasteiger partial charge is 0.462 e. The number of benzene rings is 1. The molecule has 26 heavy (non-hydrogen) atoms. The van der Waals surface area contributed by atoms with E-state index in [0.717, 1.165) is 23.1 Å². The van der Waals surface area contributed by atoms with Gasteiger partial charge < -0.3 is 9.64 Å². The standard InChI is InChI=1S/C18H19N3O5/c1-2-26-17(24)14-11-21(18(25)19-16(14)23)13-8-6-12(7-9-13)20-10-4-3-5-15(20)22/h6-9,11H,2-5,10H2,1H3,(H,19,23,25). The van der Waals surface area contributed by atoms with Crippen LogP contribution in [0.25, 0.3) is 5.69 Å². The van der Waals surface area contributed by atoms with E-state index in [-0.39, 0.29) is 18.1 Å². The maximum absolute atomic E-state index is 12.1. The lowest BCUT2D eigenvalue weighted by molar-refractivity contribution is -0.119. The lowest BCUT2D eigenvalue weighted by Gasteiger charge is -2.26. The first kappa shape index (κ1) is 17.7. The summed E-state index contributed by atoms with van der Waals surface area (Å²) in [6.07, 6.45) is 3.55. The van der Waals surface area contributed by atoms with Crippen molar-refractivity contribution in [2.24, 2.45) is 0 Å². The van der Waals surface area contributed by atoms with Gasteiger partial charge >= 0.3 is 11.7 Å². The number of amides is 1. The van der Waals surface area contributed by atoms with E-state index in [9.17, 15) is 19.2 Å². The van der Waals surface area contributed by atoms with Gasteiger partial charge in [0.25, 0.3) is 5.56 Å². The average Bonchev–Trinajstić information content (AvgIpc) is 2.63. The molecule has 1 aliphatic rings. The summed E-state index contributed by atoms with van der Waals surface area (Å²) < 4.78 is 5.99. The third-order valence-corrected chi connectivity index (χ3v) is 4.20. The number of ether oxygens (including phenoxy) is 1. The SMILES string of the molecule is CCOC(=O)c1cn(-c2ccc(N3CCCCC3=O)cc2)c(=O)[nH]c1=O. The molecule has 8 heteroatoms. The predicted molar refractivity (Wildman–Crippen MR) is 94.8 cm³/mol. The van der Waals surface area contributed by atoms with Crippen LogP contribution in [0.1, 0.15) is 36.5 Å². The minimum atomic E-state index is -0.793. The molecule has 0 aliphatic carbocycles. The molecular formula is C18H19N3O5. The summed E-state index contributed by atoms with van der Waals surface area (Å²) in [6.45, 7) is 2.42. The van der Waals surface area contributed by atoms with Gasteiger partial charge in [0.2, 0.25) is 5.91 Å². The highest BCUT2D eigenvalue weighted by Gasteiger charge is 2.20. The van der Waals surface area contributed by atoms with E-state index in [4.69, 9.17) is 4.74 Å². The highest BCUT2D eigenvalue weighted by Crippen LogP contribution is 2.22. The molecule has 1 N–H and O–H groups in total. The topological polar surface area (TPSA) is 101 Å². The van der Waals surface area contributed by atoms with Crippen LogP contribution in [0.4, 0.5) is 5.69 Å². The fourth-order valence-electron chi connectivity index (χ4n) is 2.89. The first-order valence-electron chi connectivity index (χ1n) is 8.45. The number of carbonyl (C=O) groups excluding carboxylic acids is 2. The van der Waals surface area contributed by atoms with Crippen LogP contribution in [-0.4, -0.2) is 34.6 Å². The van der Waals surface area contributed by atoms with E-state index in [2.05, 4.69) is 4.98 Å². The highest BCUT2D eigenvalue weighted by atomic mass is 16.5. The van der Waals surface area contributed by atoms with Gasteiger partial charge in [0.1, 0.15) is 5.56 Å². The van der Waals surface area contributed by atoms with Gasteiger partial charge in [0.05, 0.1) is 12.3 Å². The molecule has 8 nitrogen and oxygen atoms in total. The normalized spacial score (nSPS) is 14.3. The molecular weight excluding hydrogens is 338 g/mol. The van der Waals surface area contributed by atoms with Gasteiger partial charge in [-0.2, -0.15) is 0 Å². The molecule has 0 spiro atoms. The molecule has 2 heterocycles. The number of aromatic nitrogens is 2. The summed E-state index contributed by atoms with van der Waals surface area (Å²) in [4.78, 5) is 51.6. The number of carbonyl (C=O) groups is 2. The second-order valence-electron chi connectivity index (χ2n) is 5.91. The number of nitrogens with one attached hydrogen (secondary N) is 1. The van der Waals surface area contributed by atoms with Crippen molar-refractivity contribution in [1.82, 2.24) is 9.55 Å². The van der Waals surface area contributed by atoms with Gasteiger partial charge in [-0.05, 0) is 44.0 Å². The van der Waals surface area contributed by atoms with Gasteiger partial charge in [-0.25, -0.2) is 9.59 Å². The van der Waals surface area contributed by atoms with Gasteiger partial charge in [-0.1, -0.05) is 0 Å². The maximum atomic E-state index is 12.1. The fraction of sp³-hybridized carbons (Fsp3) is 0.333. The average molecular weight is 357 g/mol. The predicted octanol–water partition coefficient (Wildman–Crippen LogP) is 1.22. The van der Waals surface area contributed by atoms with Crippen LogP contribution in [0.5, 0.6) is 0 Å². The third kappa shape index (κ3) is 3.44. The van der Waals surface area contributed by atoms with Crippen LogP contribution in [0.3, 0.4) is 0 Å². The van der Waals surface area contributed by atoms with Crippen LogP contribution in [0.2, 0.25) is 0 Å². The molecule has 0 bridgehead atoms. The highest BCUT2D eigenvalue weighted by molar-refractivity contribution is 5.94. The Hall–Kier alpha value is -3.16. The summed E-state index contributed by atoms with van der Waals surface area (Å²) in [5.41, 5.74) is -0.488. The van der Waals surface area contributed by atoms with Crippen molar-refractivity contribution in [2.45, 2.75) is 26.2 Å². The molecule has 0 atom stereocenters. The Morgan fingerprint density at radius 1 is 1.12 bits per heavy atom. The summed E-state index contributed by atoms with van der Waals surface area (Å²) in [5.74, 6) is -0.715. The monoisotopic (exact) mass is 357 g/mol. The first-order valence-corrected chi connectivity index (χ1v) is 8.45. The number of nitrogens with zero attached hydrogens (tertiary/aromatic N) is 2. The number of hydrogen-bond acceptors (Lipinski definition) is 5. The summed E-state index contributed by atoms with van der Waals surface area (Å²) in [7, 11) is 0. The number of esters is 1. The summed E-state index contributed by atoms with van der Waals surface area (Å²) in [5, 5.41) is 0. The number of hydrogen-bond donors (Lipinski definition) is 1. The zero-order valence-electron chi connectivity index (χ0n) is 14.4. The number of piperidine rings is 1. The lowest BCUT2D eigenvalue weighted by atomic mass is 10.1. The van der Waals surface area contributed by atoms with Crippen LogP contribution in [-0.2, 0) is 9.53 Å². The van der Waals surface area contributed by atoms with Crippen molar-refractivity contribution in [2.75, 3.05) is 18.1 Å². The zero-order valence-corrected chi connectivity index (χ0v) is 14.4. The summed E-state index contributed by atoms with van der Waals surface area (Å²) in [6, 6.07) is 6.79. The molecule has 0 saturated carbocycles. The maximum Gasteiger partial charge on any atom is 0.345 e. The van der Waals surface area contributed by atoms with Crippen molar-refractivity contribution in [3.05, 3.63) is 56.9 Å². The molecule has 1 fully saturated rings. The molecule has 1 aromatic carbocycles. The van der Waals surface area contributed by atoms with E-state index >= 15 is 0 Å². The molecule has 1 aromatic heterocycles. The van der Waals surface area contributed by atoms with E-state index in [1.807, 2.05) is 0 Å². The Morgan fingerprint density at radius 2 is 1.81 bits per heavy atom. The van der Waals surface area contributed by atoms with Gasteiger partial charge in [0.15, 0.2) is 0 Å². The van der Waals surface area contributed by atoms with E-state index in [1.165, 1.54) is 6.20 Å². The van der Waals surface area contributed by atoms with Crippen molar-refractivity contribution in [1.29, 1.82) is 0 Å². The minimum Gasteiger partial charge on any atom is -0.462 e.